The van der Waals surface area contributed by atoms with Gasteiger partial charge in [-0.05, 0) is 30.2 Å². The zero-order chi connectivity index (χ0) is 38.2. The molecule has 2 saturated heterocycles. The van der Waals surface area contributed by atoms with Crippen LogP contribution in [0.4, 0.5) is 0 Å². The number of ether oxygens (including phenoxy) is 6. The largest absolute Gasteiger partial charge is 0.460 e. The maximum Gasteiger partial charge on any atom is 0.338 e. The van der Waals surface area contributed by atoms with E-state index in [0.717, 1.165) is 12.5 Å². The molecule has 2 aliphatic heterocycles. The summed E-state index contributed by atoms with van der Waals surface area (Å²) in [6, 6.07) is 17.1. The SMILES string of the molecule is CC(=O)OC1=C2C(C)C(OC(=O)[C@@H]3O[C@@H]3c3ccccc3)C[C@@](O)([C@@H](OC(=O)c3ccccc3)C3[C@](C)(C1=O)[C@@H](O)C[C@H]1OC[C@@]31OC(C)=O)C2(C)C. The Morgan fingerprint density at radius 3 is 2.13 bits per heavy atom. The number of hydrogen-bond donors (Lipinski definition) is 2. The zero-order valence-electron chi connectivity index (χ0n) is 30.4. The van der Waals surface area contributed by atoms with Gasteiger partial charge in [0.15, 0.2) is 17.5 Å². The summed E-state index contributed by atoms with van der Waals surface area (Å²) in [5.74, 6) is -6.72. The number of carbonyl (C=O) groups is 5. The molecule has 2 N–H and O–H groups in total. The first kappa shape index (κ1) is 36.9. The lowest BCUT2D eigenvalue weighted by atomic mass is 9.45. The molecule has 3 aliphatic carbocycles. The maximum atomic E-state index is 15.3. The number of rotatable bonds is 7. The molecule has 2 aromatic carbocycles. The van der Waals surface area contributed by atoms with E-state index in [-0.39, 0.29) is 30.6 Å². The van der Waals surface area contributed by atoms with Crippen LogP contribution in [-0.2, 0) is 47.6 Å². The van der Waals surface area contributed by atoms with Gasteiger partial charge in [-0.1, -0.05) is 69.3 Å². The van der Waals surface area contributed by atoms with Gasteiger partial charge in [-0.2, -0.15) is 0 Å². The van der Waals surface area contributed by atoms with E-state index in [1.54, 1.807) is 39.0 Å². The second-order valence-electron chi connectivity index (χ2n) is 15.6. The fourth-order valence-corrected chi connectivity index (χ4v) is 9.42. The van der Waals surface area contributed by atoms with Crippen molar-refractivity contribution in [3.8, 4) is 0 Å². The lowest BCUT2D eigenvalue weighted by molar-refractivity contribution is -0.345. The predicted octanol–water partition coefficient (Wildman–Crippen LogP) is 3.55. The summed E-state index contributed by atoms with van der Waals surface area (Å²) in [4.78, 5) is 68.7. The Morgan fingerprint density at radius 1 is 0.906 bits per heavy atom. The summed E-state index contributed by atoms with van der Waals surface area (Å²) in [6.45, 7) is 8.43. The minimum atomic E-state index is -2.23. The fraction of sp³-hybridized carbons (Fsp3) is 0.525. The average molecular weight is 733 g/mol. The Kier molecular flexibility index (Phi) is 8.96. The van der Waals surface area contributed by atoms with Gasteiger partial charge in [-0.3, -0.25) is 14.4 Å². The third-order valence-electron chi connectivity index (χ3n) is 12.3. The summed E-state index contributed by atoms with van der Waals surface area (Å²) in [7, 11) is 0. The Balaban J connectivity index is 1.42. The third-order valence-corrected chi connectivity index (χ3v) is 12.3. The summed E-state index contributed by atoms with van der Waals surface area (Å²) in [6.07, 6.45) is -7.29. The standard InChI is InChI=1S/C40H44O13/c1-20-25(50-36(46)31-29(51-31)23-13-9-7-10-14-23)18-40(47)34(52-35(45)24-15-11-8-12-16-24)32-38(6,26(43)17-27-39(32,19-48-27)53-22(3)42)33(44)30(49-21(2)41)28(20)37(40,4)5/h7-16,20,25-27,29,31-32,34,43,47H,17-19H2,1-6H3/t20?,25?,26-,27+,29+,31+,32?,34-,38+,39-,40+/m0/s1. The molecule has 5 aliphatic rings. The second-order valence-corrected chi connectivity index (χ2v) is 15.6. The molecule has 2 saturated carbocycles. The number of fused-ring (bicyclic) bond motifs is 5. The lowest BCUT2D eigenvalue weighted by Gasteiger charge is -2.67. The van der Waals surface area contributed by atoms with Crippen molar-refractivity contribution in [1.82, 2.24) is 0 Å². The van der Waals surface area contributed by atoms with E-state index < -0.39 is 106 Å². The van der Waals surface area contributed by atoms with Gasteiger partial charge in [0, 0.05) is 38.0 Å². The molecule has 2 bridgehead atoms. The molecule has 0 aromatic heterocycles. The monoisotopic (exact) mass is 732 g/mol. The van der Waals surface area contributed by atoms with Crippen LogP contribution in [0, 0.1) is 22.7 Å². The second kappa shape index (κ2) is 12.9. The molecule has 2 heterocycles. The molecule has 0 amide bonds. The van der Waals surface area contributed by atoms with Gasteiger partial charge in [0.1, 0.15) is 30.0 Å². The molecule has 0 spiro atoms. The molecule has 3 unspecified atom stereocenters. The van der Waals surface area contributed by atoms with Gasteiger partial charge >= 0.3 is 23.9 Å². The molecule has 4 fully saturated rings. The smallest absolute Gasteiger partial charge is 0.338 e. The molecule has 11 atom stereocenters. The first-order valence-corrected chi connectivity index (χ1v) is 17.8. The van der Waals surface area contributed by atoms with Crippen LogP contribution >= 0.6 is 0 Å². The van der Waals surface area contributed by atoms with Crippen molar-refractivity contribution in [1.29, 1.82) is 0 Å². The number of Topliss-reactive ketones (excluding diaryl/α,β-unsaturated/α-hetero) is 1. The van der Waals surface area contributed by atoms with Gasteiger partial charge in [-0.25, -0.2) is 9.59 Å². The van der Waals surface area contributed by atoms with Crippen molar-refractivity contribution in [2.45, 2.75) is 102 Å². The van der Waals surface area contributed by atoms with Gasteiger partial charge in [0.25, 0.3) is 0 Å². The summed E-state index contributed by atoms with van der Waals surface area (Å²) in [5, 5.41) is 25.4. The van der Waals surface area contributed by atoms with Crippen LogP contribution in [0.25, 0.3) is 0 Å². The van der Waals surface area contributed by atoms with Crippen LogP contribution in [0.2, 0.25) is 0 Å². The van der Waals surface area contributed by atoms with Crippen molar-refractivity contribution in [2.75, 3.05) is 6.61 Å². The van der Waals surface area contributed by atoms with Crippen LogP contribution in [0.1, 0.15) is 76.4 Å². The molecule has 53 heavy (non-hydrogen) atoms. The van der Waals surface area contributed by atoms with E-state index in [1.807, 2.05) is 30.3 Å². The highest BCUT2D eigenvalue weighted by atomic mass is 16.6. The van der Waals surface area contributed by atoms with Gasteiger partial charge < -0.3 is 38.6 Å². The normalized spacial score (nSPS) is 38.1. The number of carbonyl (C=O) groups excluding carboxylic acids is 5. The highest BCUT2D eigenvalue weighted by Crippen LogP contribution is 2.65. The Labute approximate surface area is 306 Å². The van der Waals surface area contributed by atoms with Crippen LogP contribution in [0.15, 0.2) is 72.0 Å². The molecule has 0 radical (unpaired) electrons. The van der Waals surface area contributed by atoms with Crippen LogP contribution < -0.4 is 0 Å². The fourth-order valence-electron chi connectivity index (χ4n) is 9.42. The molecule has 2 aromatic rings. The highest BCUT2D eigenvalue weighted by molar-refractivity contribution is 6.02. The number of allylic oxidation sites excluding steroid dienone is 1. The molecular formula is C40H44O13. The molecule has 13 nitrogen and oxygen atoms in total. The van der Waals surface area contributed by atoms with E-state index in [0.29, 0.717) is 0 Å². The quantitative estimate of drug-likeness (QED) is 0.240. The number of aliphatic hydroxyl groups is 2. The molecule has 7 rings (SSSR count). The van der Waals surface area contributed by atoms with Gasteiger partial charge in [0.2, 0.25) is 5.78 Å². The topological polar surface area (TPSA) is 184 Å². The predicted molar refractivity (Wildman–Crippen MR) is 182 cm³/mol. The number of esters is 4. The summed E-state index contributed by atoms with van der Waals surface area (Å²) >= 11 is 0. The third kappa shape index (κ3) is 5.62. The Hall–Kier alpha value is -4.43. The van der Waals surface area contributed by atoms with Crippen LogP contribution in [0.5, 0.6) is 0 Å². The summed E-state index contributed by atoms with van der Waals surface area (Å²) < 4.78 is 35.9. The molecular weight excluding hydrogens is 688 g/mol. The Bertz CT molecular complexity index is 1870. The van der Waals surface area contributed by atoms with Gasteiger partial charge in [0.05, 0.1) is 29.6 Å². The summed E-state index contributed by atoms with van der Waals surface area (Å²) in [5.41, 5.74) is -6.39. The number of benzene rings is 2. The van der Waals surface area contributed by atoms with E-state index in [2.05, 4.69) is 0 Å². The average Bonchev–Trinajstić information content (AvgIpc) is 3.91. The van der Waals surface area contributed by atoms with Crippen molar-refractivity contribution in [3.05, 3.63) is 83.1 Å². The first-order valence-electron chi connectivity index (χ1n) is 17.8. The number of ketones is 1. The van der Waals surface area contributed by atoms with E-state index in [4.69, 9.17) is 28.4 Å². The number of epoxide rings is 1. The first-order chi connectivity index (χ1) is 25.0. The van der Waals surface area contributed by atoms with Crippen molar-refractivity contribution >= 4 is 29.7 Å². The van der Waals surface area contributed by atoms with Crippen LogP contribution in [0.3, 0.4) is 0 Å². The van der Waals surface area contributed by atoms with E-state index in [9.17, 15) is 29.4 Å². The number of aliphatic hydroxyl groups excluding tert-OH is 1. The van der Waals surface area contributed by atoms with E-state index in [1.165, 1.54) is 26.0 Å². The van der Waals surface area contributed by atoms with Crippen LogP contribution in [-0.4, -0.2) is 88.2 Å². The Morgan fingerprint density at radius 2 is 1.55 bits per heavy atom. The molecule has 282 valence electrons. The van der Waals surface area contributed by atoms with Crippen molar-refractivity contribution < 1.29 is 62.6 Å². The molecule has 13 heteroatoms. The maximum absolute atomic E-state index is 15.3. The van der Waals surface area contributed by atoms with Gasteiger partial charge in [-0.15, -0.1) is 0 Å². The lowest BCUT2D eigenvalue weighted by Crippen LogP contribution is -2.81. The number of hydrogen-bond acceptors (Lipinski definition) is 13. The minimum absolute atomic E-state index is 0.127. The minimum Gasteiger partial charge on any atom is -0.460 e. The highest BCUT2D eigenvalue weighted by Gasteiger charge is 2.78. The van der Waals surface area contributed by atoms with E-state index >= 15 is 4.79 Å². The van der Waals surface area contributed by atoms with Crippen molar-refractivity contribution in [2.24, 2.45) is 22.7 Å². The zero-order valence-corrected chi connectivity index (χ0v) is 30.4. The van der Waals surface area contributed by atoms with Crippen molar-refractivity contribution in [3.63, 3.8) is 0 Å².